The second kappa shape index (κ2) is 9.18. The molecule has 178 valence electrons. The van der Waals surface area contributed by atoms with Gasteiger partial charge in [0.15, 0.2) is 18.1 Å². The van der Waals surface area contributed by atoms with Crippen LogP contribution >= 0.6 is 0 Å². The Bertz CT molecular complexity index is 1140. The summed E-state index contributed by atoms with van der Waals surface area (Å²) < 4.78 is 11.1. The van der Waals surface area contributed by atoms with Crippen molar-refractivity contribution in [2.45, 2.75) is 13.0 Å². The second-order valence-electron chi connectivity index (χ2n) is 8.49. The predicted octanol–water partition coefficient (Wildman–Crippen LogP) is 0.909. The molecule has 34 heavy (non-hydrogen) atoms. The number of fused-ring (bicyclic) bond motifs is 8. The van der Waals surface area contributed by atoms with Crippen molar-refractivity contribution in [3.05, 3.63) is 36.3 Å². The first-order valence-electron chi connectivity index (χ1n) is 11.2. The summed E-state index contributed by atoms with van der Waals surface area (Å²) in [5.41, 5.74) is 1.83. The van der Waals surface area contributed by atoms with Crippen LogP contribution in [0.25, 0.3) is 5.57 Å². The van der Waals surface area contributed by atoms with Crippen LogP contribution in [0.4, 0.5) is 17.3 Å². The van der Waals surface area contributed by atoms with Gasteiger partial charge < -0.3 is 30.3 Å². The van der Waals surface area contributed by atoms with Crippen LogP contribution in [0.2, 0.25) is 0 Å². The van der Waals surface area contributed by atoms with E-state index in [0.717, 1.165) is 38.5 Å². The molecule has 5 heterocycles. The van der Waals surface area contributed by atoms with Gasteiger partial charge in [0.1, 0.15) is 18.0 Å². The molecule has 4 aliphatic rings. The number of rotatable bonds is 1. The van der Waals surface area contributed by atoms with E-state index in [1.54, 1.807) is 24.4 Å². The van der Waals surface area contributed by atoms with Crippen molar-refractivity contribution in [2.24, 2.45) is 0 Å². The average Bonchev–Trinajstić information content (AvgIpc) is 3.16. The number of anilines is 3. The number of nitrogens with one attached hydrogen (secondary N) is 3. The van der Waals surface area contributed by atoms with Gasteiger partial charge in [-0.2, -0.15) is 0 Å². The number of nitrogens with zero attached hydrogens (tertiary/aromatic N) is 4. The molecule has 0 unspecified atom stereocenters. The summed E-state index contributed by atoms with van der Waals surface area (Å²) in [4.78, 5) is 38.5. The number of carbonyl (C=O) groups excluding carboxylic acids is 2. The molecule has 6 rings (SSSR count). The molecule has 0 radical (unpaired) electrons. The highest BCUT2D eigenvalue weighted by Gasteiger charge is 2.32. The summed E-state index contributed by atoms with van der Waals surface area (Å²) in [5, 5.41) is 9.00. The van der Waals surface area contributed by atoms with Gasteiger partial charge in [0.25, 0.3) is 11.8 Å². The zero-order chi connectivity index (χ0) is 23.7. The fraction of sp³-hybridized carbons (Fsp3) is 0.391. The predicted molar refractivity (Wildman–Crippen MR) is 127 cm³/mol. The Morgan fingerprint density at radius 1 is 1.15 bits per heavy atom. The third-order valence-corrected chi connectivity index (χ3v) is 6.09. The van der Waals surface area contributed by atoms with E-state index >= 15 is 0 Å². The molecule has 4 aliphatic heterocycles. The van der Waals surface area contributed by atoms with E-state index < -0.39 is 0 Å². The Kier molecular flexibility index (Phi) is 5.93. The Labute approximate surface area is 197 Å². The molecule has 11 nitrogen and oxygen atoms in total. The van der Waals surface area contributed by atoms with Crippen molar-refractivity contribution in [3.63, 3.8) is 0 Å². The SMILES string of the molecule is COc1ccc2cc1OCC(=O)N[C@@H](C)CN1CCN(CC1)c1ncnc3c1/C(=C/N2)C(=O)N3. The van der Waals surface area contributed by atoms with Crippen LogP contribution in [0.15, 0.2) is 30.7 Å². The van der Waals surface area contributed by atoms with Crippen LogP contribution in [-0.4, -0.2) is 79.2 Å². The number of hydrogen-bond donors (Lipinski definition) is 3. The minimum Gasteiger partial charge on any atom is -0.493 e. The summed E-state index contributed by atoms with van der Waals surface area (Å²) in [6, 6.07) is 5.24. The highest BCUT2D eigenvalue weighted by atomic mass is 16.5. The first-order valence-corrected chi connectivity index (χ1v) is 11.2. The van der Waals surface area contributed by atoms with Crippen molar-refractivity contribution < 1.29 is 19.1 Å². The smallest absolute Gasteiger partial charge is 0.259 e. The summed E-state index contributed by atoms with van der Waals surface area (Å²) in [6.45, 7) is 5.73. The van der Waals surface area contributed by atoms with Gasteiger partial charge in [0, 0.05) is 56.7 Å². The Morgan fingerprint density at radius 3 is 2.76 bits per heavy atom. The van der Waals surface area contributed by atoms with Crippen molar-refractivity contribution in [1.29, 1.82) is 0 Å². The average molecular weight is 466 g/mol. The molecule has 3 N–H and O–H groups in total. The van der Waals surface area contributed by atoms with E-state index in [1.807, 2.05) is 6.92 Å². The molecule has 11 heteroatoms. The standard InChI is InChI=1S/C23H27N7O4/c1-14-11-29-5-7-30(8-6-29)22-20-16(23(32)28-21(20)25-13-26-22)10-24-15-3-4-17(33-2)18(9-15)34-12-19(31)27-14/h3-4,9-10,13-14,24H,5-8,11-12H2,1-2H3,(H,27,31)(H,25,26,28,32)/b16-10-/t14-/m0/s1. The number of piperazine rings is 1. The molecule has 1 fully saturated rings. The van der Waals surface area contributed by atoms with Crippen LogP contribution in [0.3, 0.4) is 0 Å². The molecule has 2 amide bonds. The lowest BCUT2D eigenvalue weighted by atomic mass is 10.1. The van der Waals surface area contributed by atoms with E-state index in [1.165, 1.54) is 13.4 Å². The quantitative estimate of drug-likeness (QED) is 0.564. The maximum atomic E-state index is 12.8. The van der Waals surface area contributed by atoms with Gasteiger partial charge in [-0.25, -0.2) is 9.97 Å². The van der Waals surface area contributed by atoms with Crippen molar-refractivity contribution in [1.82, 2.24) is 20.2 Å². The lowest BCUT2D eigenvalue weighted by molar-refractivity contribution is -0.123. The minimum absolute atomic E-state index is 0.0314. The number of benzene rings is 1. The third-order valence-electron chi connectivity index (χ3n) is 6.09. The molecular weight excluding hydrogens is 438 g/mol. The molecule has 1 saturated heterocycles. The second-order valence-corrected chi connectivity index (χ2v) is 8.49. The monoisotopic (exact) mass is 465 g/mol. The van der Waals surface area contributed by atoms with Crippen LogP contribution in [-0.2, 0) is 9.59 Å². The van der Waals surface area contributed by atoms with Gasteiger partial charge in [0.2, 0.25) is 0 Å². The molecule has 0 aliphatic carbocycles. The van der Waals surface area contributed by atoms with E-state index in [-0.39, 0.29) is 24.5 Å². The van der Waals surface area contributed by atoms with Crippen LogP contribution < -0.4 is 30.3 Å². The maximum absolute atomic E-state index is 12.8. The topological polar surface area (TPSA) is 121 Å². The summed E-state index contributed by atoms with van der Waals surface area (Å²) in [6.07, 6.45) is 3.13. The van der Waals surface area contributed by atoms with Crippen molar-refractivity contribution in [2.75, 3.05) is 62.0 Å². The van der Waals surface area contributed by atoms with E-state index in [9.17, 15) is 9.59 Å². The fourth-order valence-electron chi connectivity index (χ4n) is 4.45. The van der Waals surface area contributed by atoms with E-state index in [2.05, 4.69) is 35.7 Å². The van der Waals surface area contributed by atoms with Crippen molar-refractivity contribution in [3.8, 4) is 11.5 Å². The molecule has 1 aromatic carbocycles. The summed E-state index contributed by atoms with van der Waals surface area (Å²) >= 11 is 0. The highest BCUT2D eigenvalue weighted by molar-refractivity contribution is 6.32. The molecule has 4 bridgehead atoms. The first-order chi connectivity index (χ1) is 16.5. The van der Waals surface area contributed by atoms with Gasteiger partial charge in [0.05, 0.1) is 18.2 Å². The zero-order valence-electron chi connectivity index (χ0n) is 19.1. The van der Waals surface area contributed by atoms with Gasteiger partial charge >= 0.3 is 0 Å². The normalized spacial score (nSPS) is 23.8. The number of methoxy groups -OCH3 is 1. The van der Waals surface area contributed by atoms with Crippen LogP contribution in [0.5, 0.6) is 11.5 Å². The van der Waals surface area contributed by atoms with Gasteiger partial charge in [-0.15, -0.1) is 0 Å². The molecule has 0 spiro atoms. The molecule has 1 aromatic heterocycles. The van der Waals surface area contributed by atoms with Gasteiger partial charge in [-0.05, 0) is 19.1 Å². The third kappa shape index (κ3) is 4.34. The molecular formula is C23H27N7O4. The zero-order valence-corrected chi connectivity index (χ0v) is 19.1. The maximum Gasteiger partial charge on any atom is 0.259 e. The lowest BCUT2D eigenvalue weighted by Crippen LogP contribution is -2.51. The Balaban J connectivity index is 1.52. The number of amides is 2. The largest absolute Gasteiger partial charge is 0.493 e. The summed E-state index contributed by atoms with van der Waals surface area (Å²) in [5.74, 6) is 1.73. The Morgan fingerprint density at radius 2 is 1.97 bits per heavy atom. The van der Waals surface area contributed by atoms with Crippen LogP contribution in [0.1, 0.15) is 12.5 Å². The number of ether oxygens (including phenoxy) is 2. The molecule has 0 saturated carbocycles. The Hall–Kier alpha value is -3.86. The van der Waals surface area contributed by atoms with Gasteiger partial charge in [-0.3, -0.25) is 14.5 Å². The van der Waals surface area contributed by atoms with E-state index in [4.69, 9.17) is 9.47 Å². The molecule has 1 atom stereocenters. The first kappa shape index (κ1) is 22.0. The highest BCUT2D eigenvalue weighted by Crippen LogP contribution is 2.37. The fourth-order valence-corrected chi connectivity index (χ4v) is 4.45. The van der Waals surface area contributed by atoms with Crippen molar-refractivity contribution >= 4 is 34.7 Å². The minimum atomic E-state index is -0.243. The number of carbonyl (C=O) groups is 2. The number of aromatic nitrogens is 2. The lowest BCUT2D eigenvalue weighted by Gasteiger charge is -2.37. The van der Waals surface area contributed by atoms with Gasteiger partial charge in [-0.1, -0.05) is 0 Å². The molecule has 2 aromatic rings. The van der Waals surface area contributed by atoms with E-state index in [0.29, 0.717) is 34.1 Å². The van der Waals surface area contributed by atoms with Crippen LogP contribution in [0, 0.1) is 0 Å². The summed E-state index contributed by atoms with van der Waals surface area (Å²) in [7, 11) is 1.54. The number of hydrogen-bond acceptors (Lipinski definition) is 9.